The summed E-state index contributed by atoms with van der Waals surface area (Å²) in [5.74, 6) is -0.612. The van der Waals surface area contributed by atoms with Crippen molar-refractivity contribution in [3.8, 4) is 0 Å². The summed E-state index contributed by atoms with van der Waals surface area (Å²) in [6, 6.07) is 12.5. The highest BCUT2D eigenvalue weighted by Crippen LogP contribution is 2.29. The number of benzene rings is 2. The average Bonchev–Trinajstić information content (AvgIpc) is 2.93. The quantitative estimate of drug-likeness (QED) is 0.694. The Morgan fingerprint density at radius 3 is 2.54 bits per heavy atom. The van der Waals surface area contributed by atoms with E-state index < -0.39 is 0 Å². The third-order valence-electron chi connectivity index (χ3n) is 3.82. The zero-order valence-corrected chi connectivity index (χ0v) is 16.4. The van der Waals surface area contributed by atoms with Crippen LogP contribution in [0.5, 0.6) is 0 Å². The van der Waals surface area contributed by atoms with E-state index in [1.807, 2.05) is 12.1 Å². The van der Waals surface area contributed by atoms with Crippen molar-refractivity contribution in [2.24, 2.45) is 5.92 Å². The van der Waals surface area contributed by atoms with Gasteiger partial charge < -0.3 is 10.2 Å². The number of hydrogen-bond acceptors (Lipinski definition) is 2. The van der Waals surface area contributed by atoms with Crippen LogP contribution in [0.2, 0.25) is 5.02 Å². The number of rotatable bonds is 3. The number of hydrogen-bond donors (Lipinski definition) is 1. The smallest absolute Gasteiger partial charge is 0.229 e. The van der Waals surface area contributed by atoms with Crippen molar-refractivity contribution in [2.45, 2.75) is 6.42 Å². The number of halogens is 3. The van der Waals surface area contributed by atoms with Crippen LogP contribution in [-0.4, -0.2) is 18.4 Å². The summed E-state index contributed by atoms with van der Waals surface area (Å²) >= 11 is 12.7. The minimum atomic E-state index is -0.385. The van der Waals surface area contributed by atoms with E-state index in [4.69, 9.17) is 11.6 Å². The van der Waals surface area contributed by atoms with E-state index in [2.05, 4.69) is 37.2 Å². The topological polar surface area (TPSA) is 49.4 Å². The van der Waals surface area contributed by atoms with Crippen LogP contribution in [0.15, 0.2) is 51.4 Å². The van der Waals surface area contributed by atoms with E-state index in [-0.39, 0.29) is 24.2 Å². The first kappa shape index (κ1) is 17.5. The van der Waals surface area contributed by atoms with E-state index in [0.717, 1.165) is 14.6 Å². The van der Waals surface area contributed by atoms with Gasteiger partial charge in [-0.05, 0) is 58.4 Å². The van der Waals surface area contributed by atoms with Gasteiger partial charge in [0.25, 0.3) is 0 Å². The van der Waals surface area contributed by atoms with Crippen LogP contribution in [0.25, 0.3) is 0 Å². The third-order valence-corrected chi connectivity index (χ3v) is 5.22. The maximum atomic E-state index is 12.5. The maximum Gasteiger partial charge on any atom is 0.229 e. The normalized spacial score (nSPS) is 17.2. The van der Waals surface area contributed by atoms with Gasteiger partial charge in [-0.1, -0.05) is 27.5 Å². The molecular weight excluding hydrogens is 459 g/mol. The second kappa shape index (κ2) is 7.25. The van der Waals surface area contributed by atoms with Gasteiger partial charge in [0.05, 0.1) is 11.6 Å². The Hall–Kier alpha value is -1.37. The van der Waals surface area contributed by atoms with Crippen LogP contribution < -0.4 is 10.2 Å². The molecule has 2 amide bonds. The number of nitrogens with one attached hydrogen (secondary N) is 1. The summed E-state index contributed by atoms with van der Waals surface area (Å²) in [7, 11) is 0. The number of amides is 2. The first-order valence-corrected chi connectivity index (χ1v) is 9.22. The van der Waals surface area contributed by atoms with E-state index >= 15 is 0 Å². The Labute approximate surface area is 161 Å². The second-order valence-corrected chi connectivity index (χ2v) is 7.70. The summed E-state index contributed by atoms with van der Waals surface area (Å²) in [5, 5.41) is 3.49. The molecule has 0 saturated carbocycles. The zero-order chi connectivity index (χ0) is 17.3. The molecule has 1 N–H and O–H groups in total. The summed E-state index contributed by atoms with van der Waals surface area (Å²) in [4.78, 5) is 26.3. The Balaban J connectivity index is 1.70. The van der Waals surface area contributed by atoms with Crippen molar-refractivity contribution in [1.82, 2.24) is 0 Å². The van der Waals surface area contributed by atoms with Crippen LogP contribution >= 0.6 is 43.5 Å². The van der Waals surface area contributed by atoms with Gasteiger partial charge in [-0.3, -0.25) is 9.59 Å². The molecule has 124 valence electrons. The van der Waals surface area contributed by atoms with Gasteiger partial charge in [0, 0.05) is 32.6 Å². The lowest BCUT2D eigenvalue weighted by Crippen LogP contribution is -2.28. The minimum absolute atomic E-state index is 0.0626. The molecule has 2 aromatic carbocycles. The summed E-state index contributed by atoms with van der Waals surface area (Å²) < 4.78 is 1.70. The van der Waals surface area contributed by atoms with Crippen LogP contribution in [0.3, 0.4) is 0 Å². The Kier molecular flexibility index (Phi) is 5.27. The molecule has 1 aliphatic rings. The van der Waals surface area contributed by atoms with Crippen LogP contribution in [0.1, 0.15) is 6.42 Å². The lowest BCUT2D eigenvalue weighted by molar-refractivity contribution is -0.122. The van der Waals surface area contributed by atoms with Gasteiger partial charge in [-0.2, -0.15) is 0 Å². The maximum absolute atomic E-state index is 12.5. The van der Waals surface area contributed by atoms with Gasteiger partial charge in [-0.15, -0.1) is 0 Å². The Morgan fingerprint density at radius 1 is 1.17 bits per heavy atom. The molecule has 0 aromatic heterocycles. The average molecular weight is 473 g/mol. The third kappa shape index (κ3) is 3.82. The lowest BCUT2D eigenvalue weighted by Gasteiger charge is -2.17. The van der Waals surface area contributed by atoms with Crippen molar-refractivity contribution in [3.63, 3.8) is 0 Å². The first-order valence-electron chi connectivity index (χ1n) is 7.26. The number of carbonyl (C=O) groups excluding carboxylic acids is 2. The molecule has 3 rings (SSSR count). The van der Waals surface area contributed by atoms with Crippen molar-refractivity contribution >= 4 is 66.6 Å². The van der Waals surface area contributed by atoms with Crippen LogP contribution in [-0.2, 0) is 9.59 Å². The molecular formula is C17H13Br2ClN2O2. The Bertz CT molecular complexity index is 796. The van der Waals surface area contributed by atoms with Crippen molar-refractivity contribution < 1.29 is 9.59 Å². The highest BCUT2D eigenvalue weighted by molar-refractivity contribution is 9.11. The first-order chi connectivity index (χ1) is 11.4. The monoisotopic (exact) mass is 470 g/mol. The molecule has 0 bridgehead atoms. The molecule has 0 unspecified atom stereocenters. The van der Waals surface area contributed by atoms with E-state index in [0.29, 0.717) is 17.3 Å². The van der Waals surface area contributed by atoms with Crippen LogP contribution in [0, 0.1) is 5.92 Å². The predicted molar refractivity (Wildman–Crippen MR) is 102 cm³/mol. The van der Waals surface area contributed by atoms with E-state index in [1.165, 1.54) is 0 Å². The molecule has 0 aliphatic carbocycles. The van der Waals surface area contributed by atoms with Crippen molar-refractivity contribution in [3.05, 3.63) is 56.4 Å². The van der Waals surface area contributed by atoms with E-state index in [1.54, 1.807) is 35.2 Å². The summed E-state index contributed by atoms with van der Waals surface area (Å²) in [6.45, 7) is 0.362. The Morgan fingerprint density at radius 2 is 1.88 bits per heavy atom. The van der Waals surface area contributed by atoms with Crippen LogP contribution in [0.4, 0.5) is 11.4 Å². The number of nitrogens with zero attached hydrogens (tertiary/aromatic N) is 1. The molecule has 24 heavy (non-hydrogen) atoms. The SMILES string of the molecule is O=C(Nc1ccc(Br)cc1Br)[C@H]1CC(=O)N(c2ccc(Cl)cc2)C1. The minimum Gasteiger partial charge on any atom is -0.325 e. The molecule has 1 saturated heterocycles. The molecule has 1 atom stereocenters. The fourth-order valence-corrected chi connectivity index (χ4v) is 3.85. The molecule has 1 aliphatic heterocycles. The summed E-state index contributed by atoms with van der Waals surface area (Å²) in [5.41, 5.74) is 1.44. The number of anilines is 2. The fourth-order valence-electron chi connectivity index (χ4n) is 2.58. The molecule has 4 nitrogen and oxygen atoms in total. The molecule has 1 heterocycles. The fraction of sp³-hybridized carbons (Fsp3) is 0.176. The summed E-state index contributed by atoms with van der Waals surface area (Å²) in [6.07, 6.45) is 0.197. The van der Waals surface area contributed by atoms with Crippen molar-refractivity contribution in [1.29, 1.82) is 0 Å². The van der Waals surface area contributed by atoms with Gasteiger partial charge in [-0.25, -0.2) is 0 Å². The molecule has 2 aromatic rings. The predicted octanol–water partition coefficient (Wildman–Crippen LogP) is 4.86. The standard InChI is InChI=1S/C17H13Br2ClN2O2/c18-11-1-6-15(14(19)8-11)21-17(24)10-7-16(23)22(9-10)13-4-2-12(20)3-5-13/h1-6,8,10H,7,9H2,(H,21,24)/t10-/m0/s1. The highest BCUT2D eigenvalue weighted by atomic mass is 79.9. The molecule has 7 heteroatoms. The molecule has 0 spiro atoms. The molecule has 1 fully saturated rings. The van der Waals surface area contributed by atoms with Crippen molar-refractivity contribution in [2.75, 3.05) is 16.8 Å². The van der Waals surface area contributed by atoms with Gasteiger partial charge in [0.15, 0.2) is 0 Å². The van der Waals surface area contributed by atoms with Gasteiger partial charge in [0.2, 0.25) is 11.8 Å². The van der Waals surface area contributed by atoms with E-state index in [9.17, 15) is 9.59 Å². The molecule has 0 radical (unpaired) electrons. The largest absolute Gasteiger partial charge is 0.325 e. The van der Waals surface area contributed by atoms with Gasteiger partial charge in [0.1, 0.15) is 0 Å². The number of carbonyl (C=O) groups is 2. The zero-order valence-electron chi connectivity index (χ0n) is 12.4. The lowest BCUT2D eigenvalue weighted by atomic mass is 10.1. The second-order valence-electron chi connectivity index (χ2n) is 5.50. The van der Waals surface area contributed by atoms with Gasteiger partial charge >= 0.3 is 0 Å². The highest BCUT2D eigenvalue weighted by Gasteiger charge is 2.35.